The van der Waals surface area contributed by atoms with Crippen molar-refractivity contribution in [2.24, 2.45) is 0 Å². The number of rotatable bonds is 4. The van der Waals surface area contributed by atoms with E-state index in [9.17, 15) is 10.1 Å². The van der Waals surface area contributed by atoms with Crippen LogP contribution in [0.2, 0.25) is 0 Å². The predicted molar refractivity (Wildman–Crippen MR) is 61.7 cm³/mol. The molecule has 0 aliphatic carbocycles. The van der Waals surface area contributed by atoms with E-state index in [-0.39, 0.29) is 5.69 Å². The number of hydrogen-bond acceptors (Lipinski definition) is 5. The number of benzene rings is 1. The zero-order valence-corrected chi connectivity index (χ0v) is 9.21. The molecule has 0 fully saturated rings. The number of nitrogens with zero attached hydrogens (tertiary/aromatic N) is 2. The third kappa shape index (κ3) is 2.41. The topological polar surface area (TPSA) is 81.2 Å². The van der Waals surface area contributed by atoms with Crippen LogP contribution in [-0.2, 0) is 6.54 Å². The number of nitro benzene ring substituents is 1. The van der Waals surface area contributed by atoms with E-state index < -0.39 is 4.92 Å². The quantitative estimate of drug-likeness (QED) is 0.648. The minimum Gasteiger partial charge on any atom is -0.379 e. The molecule has 88 valence electrons. The highest BCUT2D eigenvalue weighted by Gasteiger charge is 2.12. The van der Waals surface area contributed by atoms with Gasteiger partial charge in [0.15, 0.2) is 0 Å². The van der Waals surface area contributed by atoms with E-state index in [4.69, 9.17) is 4.52 Å². The fraction of sp³-hybridized carbons (Fsp3) is 0.182. The maximum Gasteiger partial charge on any atom is 0.274 e. The van der Waals surface area contributed by atoms with Crippen molar-refractivity contribution in [3.8, 4) is 0 Å². The molecule has 1 heterocycles. The summed E-state index contributed by atoms with van der Waals surface area (Å²) in [6.07, 6.45) is 1.48. The third-order valence-electron chi connectivity index (χ3n) is 2.45. The van der Waals surface area contributed by atoms with Crippen molar-refractivity contribution >= 4 is 11.4 Å². The molecule has 6 nitrogen and oxygen atoms in total. The van der Waals surface area contributed by atoms with Gasteiger partial charge < -0.3 is 9.84 Å². The number of hydrogen-bond donors (Lipinski definition) is 1. The van der Waals surface area contributed by atoms with Gasteiger partial charge >= 0.3 is 0 Å². The van der Waals surface area contributed by atoms with Crippen molar-refractivity contribution in [1.29, 1.82) is 0 Å². The Morgan fingerprint density at radius 3 is 2.94 bits per heavy atom. The Bertz CT molecular complexity index is 523. The van der Waals surface area contributed by atoms with Crippen LogP contribution in [0.4, 0.5) is 11.4 Å². The monoisotopic (exact) mass is 233 g/mol. The second-order valence-electron chi connectivity index (χ2n) is 3.55. The molecular formula is C11H11N3O3. The molecule has 0 saturated carbocycles. The van der Waals surface area contributed by atoms with Crippen molar-refractivity contribution in [2.45, 2.75) is 13.5 Å². The fourth-order valence-electron chi connectivity index (χ4n) is 1.53. The van der Waals surface area contributed by atoms with Gasteiger partial charge in [-0.05, 0) is 13.0 Å². The van der Waals surface area contributed by atoms with E-state index in [1.807, 2.05) is 0 Å². The van der Waals surface area contributed by atoms with Gasteiger partial charge in [-0.15, -0.1) is 0 Å². The first-order chi connectivity index (χ1) is 8.18. The maximum atomic E-state index is 10.8. The molecule has 1 aromatic carbocycles. The second-order valence-corrected chi connectivity index (χ2v) is 3.55. The van der Waals surface area contributed by atoms with Gasteiger partial charge in [0.1, 0.15) is 12.0 Å². The summed E-state index contributed by atoms with van der Waals surface area (Å²) in [4.78, 5) is 10.4. The van der Waals surface area contributed by atoms with E-state index in [2.05, 4.69) is 10.5 Å². The molecule has 0 saturated heterocycles. The summed E-state index contributed by atoms with van der Waals surface area (Å²) in [6.45, 7) is 2.18. The zero-order valence-electron chi connectivity index (χ0n) is 9.21. The maximum absolute atomic E-state index is 10.8. The highest BCUT2D eigenvalue weighted by molar-refractivity contribution is 5.59. The molecule has 2 rings (SSSR count). The molecule has 0 atom stereocenters. The van der Waals surface area contributed by atoms with Gasteiger partial charge in [0, 0.05) is 23.4 Å². The number of anilines is 1. The van der Waals surface area contributed by atoms with Crippen LogP contribution in [0.5, 0.6) is 0 Å². The summed E-state index contributed by atoms with van der Waals surface area (Å²) in [6, 6.07) is 6.66. The first-order valence-electron chi connectivity index (χ1n) is 5.05. The Morgan fingerprint density at radius 1 is 1.47 bits per heavy atom. The van der Waals surface area contributed by atoms with E-state index in [0.717, 1.165) is 11.4 Å². The molecule has 0 aliphatic heterocycles. The standard InChI is InChI=1S/C11H11N3O3/c1-8-10(3-2-4-11(8)14(15)16)12-7-9-5-6-17-13-9/h2-6,12H,7H2,1H3. The van der Waals surface area contributed by atoms with Gasteiger partial charge in [-0.1, -0.05) is 11.2 Å². The molecule has 6 heteroatoms. The van der Waals surface area contributed by atoms with E-state index in [1.165, 1.54) is 12.3 Å². The fourth-order valence-corrected chi connectivity index (χ4v) is 1.53. The van der Waals surface area contributed by atoms with Crippen LogP contribution in [-0.4, -0.2) is 10.1 Å². The van der Waals surface area contributed by atoms with Crippen molar-refractivity contribution in [3.05, 3.63) is 51.9 Å². The van der Waals surface area contributed by atoms with E-state index in [1.54, 1.807) is 25.1 Å². The summed E-state index contributed by atoms with van der Waals surface area (Å²) in [5.41, 5.74) is 2.19. The zero-order chi connectivity index (χ0) is 12.3. The summed E-state index contributed by atoms with van der Waals surface area (Å²) in [5.74, 6) is 0. The molecule has 1 aromatic heterocycles. The van der Waals surface area contributed by atoms with Gasteiger partial charge in [-0.25, -0.2) is 0 Å². The lowest BCUT2D eigenvalue weighted by Crippen LogP contribution is -2.02. The minimum atomic E-state index is -0.392. The second kappa shape index (κ2) is 4.65. The molecular weight excluding hydrogens is 222 g/mol. The highest BCUT2D eigenvalue weighted by atomic mass is 16.6. The molecule has 0 spiro atoms. The molecule has 0 bridgehead atoms. The molecule has 2 aromatic rings. The van der Waals surface area contributed by atoms with Crippen LogP contribution in [0.15, 0.2) is 35.1 Å². The molecule has 0 radical (unpaired) electrons. The number of nitro groups is 1. The van der Waals surface area contributed by atoms with Gasteiger partial charge in [0.2, 0.25) is 0 Å². The Morgan fingerprint density at radius 2 is 2.29 bits per heavy atom. The first kappa shape index (κ1) is 11.1. The summed E-state index contributed by atoms with van der Waals surface area (Å²) < 4.78 is 4.70. The Labute approximate surface area is 97.4 Å². The highest BCUT2D eigenvalue weighted by Crippen LogP contribution is 2.25. The van der Waals surface area contributed by atoms with Gasteiger partial charge in [0.05, 0.1) is 11.5 Å². The molecule has 0 unspecified atom stereocenters. The van der Waals surface area contributed by atoms with Gasteiger partial charge in [-0.2, -0.15) is 0 Å². The average Bonchev–Trinajstić information content (AvgIpc) is 2.80. The number of aromatic nitrogens is 1. The first-order valence-corrected chi connectivity index (χ1v) is 5.05. The van der Waals surface area contributed by atoms with Gasteiger partial charge in [0.25, 0.3) is 5.69 Å². The minimum absolute atomic E-state index is 0.107. The molecule has 1 N–H and O–H groups in total. The summed E-state index contributed by atoms with van der Waals surface area (Å²) in [7, 11) is 0. The van der Waals surface area contributed by atoms with Crippen LogP contribution in [0.25, 0.3) is 0 Å². The van der Waals surface area contributed by atoms with Crippen molar-refractivity contribution < 1.29 is 9.45 Å². The number of nitrogens with one attached hydrogen (secondary N) is 1. The van der Waals surface area contributed by atoms with Crippen molar-refractivity contribution in [1.82, 2.24) is 5.16 Å². The van der Waals surface area contributed by atoms with Gasteiger partial charge in [-0.3, -0.25) is 10.1 Å². The summed E-state index contributed by atoms with van der Waals surface area (Å²) in [5, 5.41) is 17.6. The van der Waals surface area contributed by atoms with Crippen molar-refractivity contribution in [3.63, 3.8) is 0 Å². The molecule has 17 heavy (non-hydrogen) atoms. The van der Waals surface area contributed by atoms with Crippen LogP contribution in [0.3, 0.4) is 0 Å². The van der Waals surface area contributed by atoms with E-state index >= 15 is 0 Å². The lowest BCUT2D eigenvalue weighted by Gasteiger charge is -2.07. The Kier molecular flexibility index (Phi) is 3.04. The van der Waals surface area contributed by atoms with Crippen LogP contribution >= 0.6 is 0 Å². The smallest absolute Gasteiger partial charge is 0.274 e. The van der Waals surface area contributed by atoms with Crippen LogP contribution in [0.1, 0.15) is 11.3 Å². The third-order valence-corrected chi connectivity index (χ3v) is 2.45. The SMILES string of the molecule is Cc1c(NCc2ccon2)cccc1[N+](=O)[O-]. The molecule has 0 aliphatic rings. The van der Waals surface area contributed by atoms with E-state index in [0.29, 0.717) is 12.1 Å². The molecule has 0 amide bonds. The van der Waals surface area contributed by atoms with Crippen LogP contribution in [0, 0.1) is 17.0 Å². The normalized spacial score (nSPS) is 10.2. The lowest BCUT2D eigenvalue weighted by atomic mass is 10.1. The Balaban J connectivity index is 2.16. The Hall–Kier alpha value is -2.37. The van der Waals surface area contributed by atoms with Crippen LogP contribution < -0.4 is 5.32 Å². The largest absolute Gasteiger partial charge is 0.379 e. The summed E-state index contributed by atoms with van der Waals surface area (Å²) >= 11 is 0. The van der Waals surface area contributed by atoms with Crippen molar-refractivity contribution in [2.75, 3.05) is 5.32 Å². The predicted octanol–water partition coefficient (Wildman–Crippen LogP) is 2.50. The average molecular weight is 233 g/mol. The lowest BCUT2D eigenvalue weighted by molar-refractivity contribution is -0.385.